The smallest absolute Gasteiger partial charge is 0.253 e. The van der Waals surface area contributed by atoms with Crippen LogP contribution in [0.1, 0.15) is 19.4 Å². The minimum absolute atomic E-state index is 0.0749. The Morgan fingerprint density at radius 1 is 1.33 bits per heavy atom. The van der Waals surface area contributed by atoms with Gasteiger partial charge in [0.15, 0.2) is 11.5 Å². The van der Waals surface area contributed by atoms with Crippen LogP contribution in [0.15, 0.2) is 58.5 Å². The minimum atomic E-state index is -0.261. The van der Waals surface area contributed by atoms with Crippen LogP contribution in [0.3, 0.4) is 0 Å². The van der Waals surface area contributed by atoms with E-state index >= 15 is 0 Å². The molecule has 126 valence electrons. The number of nitrogens with zero attached hydrogens (tertiary/aromatic N) is 1. The van der Waals surface area contributed by atoms with Crippen molar-refractivity contribution in [1.82, 2.24) is 5.43 Å². The zero-order valence-corrected chi connectivity index (χ0v) is 14.4. The lowest BCUT2D eigenvalue weighted by Gasteiger charge is -2.09. The second kappa shape index (κ2) is 8.98. The summed E-state index contributed by atoms with van der Waals surface area (Å²) in [5, 5.41) is 13.3. The molecule has 0 saturated heterocycles. The number of ether oxygens (including phenoxy) is 1. The molecule has 2 aromatic rings. The Morgan fingerprint density at radius 3 is 2.79 bits per heavy atom. The van der Waals surface area contributed by atoms with Gasteiger partial charge in [-0.2, -0.15) is 5.10 Å². The fourth-order valence-corrected chi connectivity index (χ4v) is 2.78. The van der Waals surface area contributed by atoms with Crippen molar-refractivity contribution in [3.63, 3.8) is 0 Å². The van der Waals surface area contributed by atoms with Gasteiger partial charge in [-0.25, -0.2) is 5.43 Å². The van der Waals surface area contributed by atoms with E-state index in [2.05, 4.69) is 10.5 Å². The summed E-state index contributed by atoms with van der Waals surface area (Å²) >= 11 is 1.47. The zero-order valence-electron chi connectivity index (χ0n) is 13.6. The molecule has 0 aliphatic heterocycles. The molecule has 24 heavy (non-hydrogen) atoms. The van der Waals surface area contributed by atoms with Crippen LogP contribution in [0, 0.1) is 0 Å². The number of hydrazone groups is 1. The number of rotatable bonds is 7. The second-order valence-corrected chi connectivity index (χ2v) is 6.38. The van der Waals surface area contributed by atoms with Gasteiger partial charge in [0.05, 0.1) is 18.1 Å². The van der Waals surface area contributed by atoms with Gasteiger partial charge in [0.25, 0.3) is 5.91 Å². The number of phenolic OH excluding ortho intramolecular Hbond substituents is 1. The molecule has 0 aromatic heterocycles. The number of amides is 1. The van der Waals surface area contributed by atoms with Crippen molar-refractivity contribution in [3.05, 3.63) is 54.1 Å². The Labute approximate surface area is 145 Å². The van der Waals surface area contributed by atoms with Gasteiger partial charge < -0.3 is 9.84 Å². The van der Waals surface area contributed by atoms with Gasteiger partial charge in [0, 0.05) is 4.90 Å². The average molecular weight is 344 g/mol. The Balaban J connectivity index is 1.91. The van der Waals surface area contributed by atoms with Gasteiger partial charge in [-0.3, -0.25) is 4.79 Å². The predicted molar refractivity (Wildman–Crippen MR) is 96.8 cm³/mol. The third kappa shape index (κ3) is 5.31. The van der Waals surface area contributed by atoms with Gasteiger partial charge in [-0.1, -0.05) is 18.2 Å². The van der Waals surface area contributed by atoms with Crippen LogP contribution in [-0.4, -0.2) is 29.1 Å². The van der Waals surface area contributed by atoms with Crippen LogP contribution < -0.4 is 10.2 Å². The van der Waals surface area contributed by atoms with Crippen molar-refractivity contribution >= 4 is 23.9 Å². The number of hydrogen-bond acceptors (Lipinski definition) is 5. The molecule has 0 unspecified atom stereocenters. The molecule has 0 radical (unpaired) electrons. The highest BCUT2D eigenvalue weighted by Crippen LogP contribution is 2.26. The molecule has 5 nitrogen and oxygen atoms in total. The number of benzene rings is 2. The minimum Gasteiger partial charge on any atom is -0.504 e. The van der Waals surface area contributed by atoms with Crippen molar-refractivity contribution in [2.24, 2.45) is 5.10 Å². The highest BCUT2D eigenvalue weighted by Gasteiger charge is 2.13. The summed E-state index contributed by atoms with van der Waals surface area (Å²) in [4.78, 5) is 13.1. The van der Waals surface area contributed by atoms with Crippen molar-refractivity contribution < 1.29 is 14.6 Å². The van der Waals surface area contributed by atoms with Crippen molar-refractivity contribution in [2.75, 3.05) is 6.61 Å². The number of phenols is 1. The van der Waals surface area contributed by atoms with Crippen molar-refractivity contribution in [1.29, 1.82) is 0 Å². The van der Waals surface area contributed by atoms with E-state index in [1.54, 1.807) is 12.1 Å². The van der Waals surface area contributed by atoms with E-state index in [1.807, 2.05) is 44.2 Å². The maximum atomic E-state index is 12.1. The molecular formula is C18H20N2O3S. The Hall–Kier alpha value is -2.47. The first-order valence-corrected chi connectivity index (χ1v) is 8.48. The first kappa shape index (κ1) is 17.9. The van der Waals surface area contributed by atoms with Gasteiger partial charge in [-0.05, 0) is 49.7 Å². The standard InChI is InChI=1S/C18H20N2O3S/c1-3-23-17-11-14(9-10-16(17)21)12-19-20-18(22)13(2)24-15-7-5-4-6-8-15/h4-13,21H,3H2,1-2H3,(H,20,22)/b19-12+/t13-/m0/s1. The summed E-state index contributed by atoms with van der Waals surface area (Å²) < 4.78 is 5.31. The van der Waals surface area contributed by atoms with E-state index in [-0.39, 0.29) is 16.9 Å². The van der Waals surface area contributed by atoms with Crippen LogP contribution in [0.2, 0.25) is 0 Å². The SMILES string of the molecule is CCOc1cc(/C=N/NC(=O)[C@H](C)Sc2ccccc2)ccc1O. The molecule has 1 amide bonds. The topological polar surface area (TPSA) is 70.9 Å². The van der Waals surface area contributed by atoms with Crippen molar-refractivity contribution in [2.45, 2.75) is 24.0 Å². The maximum absolute atomic E-state index is 12.1. The number of aromatic hydroxyl groups is 1. The number of nitrogens with one attached hydrogen (secondary N) is 1. The van der Waals surface area contributed by atoms with E-state index in [0.29, 0.717) is 12.4 Å². The predicted octanol–water partition coefficient (Wildman–Crippen LogP) is 3.42. The lowest BCUT2D eigenvalue weighted by atomic mass is 10.2. The molecule has 6 heteroatoms. The molecule has 0 aliphatic rings. The van der Waals surface area contributed by atoms with E-state index in [0.717, 1.165) is 10.5 Å². The summed E-state index contributed by atoms with van der Waals surface area (Å²) in [6.45, 7) is 4.13. The van der Waals surface area contributed by atoms with E-state index < -0.39 is 0 Å². The quantitative estimate of drug-likeness (QED) is 0.459. The first-order valence-electron chi connectivity index (χ1n) is 7.60. The van der Waals surface area contributed by atoms with Crippen LogP contribution in [0.5, 0.6) is 11.5 Å². The largest absolute Gasteiger partial charge is 0.504 e. The average Bonchev–Trinajstić information content (AvgIpc) is 2.58. The summed E-state index contributed by atoms with van der Waals surface area (Å²) in [7, 11) is 0. The Morgan fingerprint density at radius 2 is 2.08 bits per heavy atom. The lowest BCUT2D eigenvalue weighted by molar-refractivity contribution is -0.120. The van der Waals surface area contributed by atoms with Gasteiger partial charge in [-0.15, -0.1) is 11.8 Å². The highest BCUT2D eigenvalue weighted by atomic mass is 32.2. The normalized spacial score (nSPS) is 12.1. The second-order valence-electron chi connectivity index (χ2n) is 4.97. The highest BCUT2D eigenvalue weighted by molar-refractivity contribution is 8.00. The van der Waals surface area contributed by atoms with Crippen LogP contribution in [-0.2, 0) is 4.79 Å². The third-order valence-corrected chi connectivity index (χ3v) is 4.21. The van der Waals surface area contributed by atoms with Crippen molar-refractivity contribution in [3.8, 4) is 11.5 Å². The van der Waals surface area contributed by atoms with Gasteiger partial charge >= 0.3 is 0 Å². The molecule has 0 bridgehead atoms. The summed E-state index contributed by atoms with van der Waals surface area (Å²) in [5.74, 6) is 0.288. The maximum Gasteiger partial charge on any atom is 0.253 e. The van der Waals surface area contributed by atoms with Crippen LogP contribution in [0.25, 0.3) is 0 Å². The fourth-order valence-electron chi connectivity index (χ4n) is 1.90. The summed E-state index contributed by atoms with van der Waals surface area (Å²) in [6, 6.07) is 14.6. The molecule has 0 heterocycles. The number of hydrogen-bond donors (Lipinski definition) is 2. The number of thioether (sulfide) groups is 1. The lowest BCUT2D eigenvalue weighted by Crippen LogP contribution is -2.26. The van der Waals surface area contributed by atoms with E-state index in [9.17, 15) is 9.90 Å². The van der Waals surface area contributed by atoms with Gasteiger partial charge in [0.1, 0.15) is 0 Å². The monoisotopic (exact) mass is 344 g/mol. The molecule has 0 aliphatic carbocycles. The molecule has 2 rings (SSSR count). The molecule has 0 spiro atoms. The van der Waals surface area contributed by atoms with Gasteiger partial charge in [0.2, 0.25) is 0 Å². The summed E-state index contributed by atoms with van der Waals surface area (Å²) in [5.41, 5.74) is 3.25. The first-order chi connectivity index (χ1) is 11.6. The fraction of sp³-hybridized carbons (Fsp3) is 0.222. The molecule has 2 N–H and O–H groups in total. The molecular weight excluding hydrogens is 324 g/mol. The molecule has 0 saturated carbocycles. The Bertz CT molecular complexity index is 705. The van der Waals surface area contributed by atoms with E-state index in [4.69, 9.17) is 4.74 Å². The van der Waals surface area contributed by atoms with E-state index in [1.165, 1.54) is 24.0 Å². The molecule has 0 fully saturated rings. The number of carbonyl (C=O) groups is 1. The molecule has 2 aromatic carbocycles. The van der Waals surface area contributed by atoms with Crippen LogP contribution in [0.4, 0.5) is 0 Å². The zero-order chi connectivity index (χ0) is 17.4. The molecule has 1 atom stereocenters. The third-order valence-electron chi connectivity index (χ3n) is 3.10. The Kier molecular flexibility index (Phi) is 6.69. The summed E-state index contributed by atoms with van der Waals surface area (Å²) in [6.07, 6.45) is 1.51. The number of carbonyl (C=O) groups excluding carboxylic acids is 1. The van der Waals surface area contributed by atoms with Crippen LogP contribution >= 0.6 is 11.8 Å².